The van der Waals surface area contributed by atoms with Gasteiger partial charge in [-0.3, -0.25) is 14.5 Å². The molecule has 2 aliphatic rings. The van der Waals surface area contributed by atoms with Gasteiger partial charge in [0, 0.05) is 22.5 Å². The second-order valence-electron chi connectivity index (χ2n) is 9.52. The molecule has 6 nitrogen and oxygen atoms in total. The number of hydrogen-bond acceptors (Lipinski definition) is 4. The quantitative estimate of drug-likeness (QED) is 0.328. The molecule has 2 heterocycles. The molecule has 0 bridgehead atoms. The Morgan fingerprint density at radius 1 is 0.973 bits per heavy atom. The summed E-state index contributed by atoms with van der Waals surface area (Å²) in [6.07, 6.45) is 2.36. The molecular weight excluding hydrogens is 598 g/mol. The molecule has 192 valence electrons. The number of anilines is 1. The van der Waals surface area contributed by atoms with Gasteiger partial charge < -0.3 is 14.5 Å². The lowest BCUT2D eigenvalue weighted by molar-refractivity contribution is -0.133. The van der Waals surface area contributed by atoms with E-state index in [4.69, 9.17) is 4.74 Å². The van der Waals surface area contributed by atoms with Gasteiger partial charge in [0.25, 0.3) is 5.91 Å². The summed E-state index contributed by atoms with van der Waals surface area (Å²) >= 11 is 6.98. The summed E-state index contributed by atoms with van der Waals surface area (Å²) in [4.78, 5) is 32.2. The van der Waals surface area contributed by atoms with Crippen molar-refractivity contribution in [3.05, 3.63) is 81.2 Å². The maximum absolute atomic E-state index is 13.6. The summed E-state index contributed by atoms with van der Waals surface area (Å²) in [6.45, 7) is 2.71. The van der Waals surface area contributed by atoms with E-state index in [0.717, 1.165) is 45.3 Å². The van der Waals surface area contributed by atoms with Crippen LogP contribution in [0.15, 0.2) is 75.7 Å². The second-order valence-corrected chi connectivity index (χ2v) is 11.2. The Hall–Kier alpha value is -2.68. The normalized spacial score (nSPS) is 16.3. The summed E-state index contributed by atoms with van der Waals surface area (Å²) in [5.74, 6) is 0.235. The number of carbonyl (C=O) groups excluding carboxylic acids is 2. The number of likely N-dealkylation sites (tertiary alicyclic amines) is 1. The van der Waals surface area contributed by atoms with Crippen LogP contribution in [0.2, 0.25) is 0 Å². The van der Waals surface area contributed by atoms with Gasteiger partial charge in [-0.2, -0.15) is 0 Å². The van der Waals surface area contributed by atoms with E-state index in [9.17, 15) is 9.59 Å². The minimum absolute atomic E-state index is 0.0433. The van der Waals surface area contributed by atoms with Gasteiger partial charge in [-0.25, -0.2) is 0 Å². The predicted molar refractivity (Wildman–Crippen MR) is 153 cm³/mol. The van der Waals surface area contributed by atoms with Crippen LogP contribution in [0.1, 0.15) is 24.4 Å². The molecule has 3 aromatic carbocycles. The zero-order valence-electron chi connectivity index (χ0n) is 20.7. The maximum atomic E-state index is 13.6. The van der Waals surface area contributed by atoms with Crippen LogP contribution in [-0.2, 0) is 9.59 Å². The number of hydrogen-bond donors (Lipinski definition) is 0. The lowest BCUT2D eigenvalue weighted by Crippen LogP contribution is -2.47. The smallest absolute Gasteiger partial charge is 0.265 e. The fraction of sp³-hybridized carbons (Fsp3) is 0.310. The van der Waals surface area contributed by atoms with Crippen molar-refractivity contribution < 1.29 is 14.3 Å². The van der Waals surface area contributed by atoms with Crippen molar-refractivity contribution in [3.8, 4) is 16.9 Å². The summed E-state index contributed by atoms with van der Waals surface area (Å²) in [6, 6.07) is 22.3. The first-order chi connectivity index (χ1) is 17.9. The van der Waals surface area contributed by atoms with Crippen LogP contribution >= 0.6 is 31.9 Å². The Labute approximate surface area is 234 Å². The molecule has 1 atom stereocenters. The molecule has 5 rings (SSSR count). The third-order valence-corrected chi connectivity index (χ3v) is 8.98. The lowest BCUT2D eigenvalue weighted by Gasteiger charge is -2.35. The molecule has 2 aliphatic heterocycles. The molecule has 0 aliphatic carbocycles. The molecule has 1 saturated heterocycles. The van der Waals surface area contributed by atoms with E-state index in [-0.39, 0.29) is 31.0 Å². The molecule has 1 unspecified atom stereocenters. The Morgan fingerprint density at radius 2 is 1.62 bits per heavy atom. The lowest BCUT2D eigenvalue weighted by atomic mass is 9.99. The minimum Gasteiger partial charge on any atom is -0.482 e. The molecule has 3 aromatic rings. The second kappa shape index (κ2) is 11.4. The largest absolute Gasteiger partial charge is 0.482 e. The van der Waals surface area contributed by atoms with Gasteiger partial charge in [0.2, 0.25) is 5.91 Å². The highest BCUT2D eigenvalue weighted by atomic mass is 79.9. The number of rotatable bonds is 7. The molecule has 8 heteroatoms. The third kappa shape index (κ3) is 5.76. The van der Waals surface area contributed by atoms with E-state index in [1.165, 1.54) is 17.7 Å². The van der Waals surface area contributed by atoms with Crippen LogP contribution < -0.4 is 9.64 Å². The predicted octanol–water partition coefficient (Wildman–Crippen LogP) is 5.90. The van der Waals surface area contributed by atoms with Crippen molar-refractivity contribution in [2.75, 3.05) is 44.7 Å². The van der Waals surface area contributed by atoms with Gasteiger partial charge in [0.1, 0.15) is 12.3 Å². The summed E-state index contributed by atoms with van der Waals surface area (Å²) in [7, 11) is 1.84. The highest BCUT2D eigenvalue weighted by molar-refractivity contribution is 9.13. The number of carbonyl (C=O) groups is 2. The number of amides is 2. The van der Waals surface area contributed by atoms with Crippen LogP contribution in [-0.4, -0.2) is 61.4 Å². The Bertz CT molecular complexity index is 1280. The van der Waals surface area contributed by atoms with Gasteiger partial charge in [-0.1, -0.05) is 54.6 Å². The van der Waals surface area contributed by atoms with Crippen molar-refractivity contribution in [2.24, 2.45) is 0 Å². The first kappa shape index (κ1) is 25.9. The number of likely N-dealkylation sites (N-methyl/N-ethyl adjacent to an activating group) is 1. The van der Waals surface area contributed by atoms with E-state index in [1.807, 2.05) is 37.4 Å². The van der Waals surface area contributed by atoms with Gasteiger partial charge in [-0.05, 0) is 86.6 Å². The zero-order valence-corrected chi connectivity index (χ0v) is 23.9. The third-order valence-electron chi connectivity index (χ3n) is 7.13. The van der Waals surface area contributed by atoms with Gasteiger partial charge in [0.05, 0.1) is 11.7 Å². The number of halogens is 2. The number of ether oxygens (including phenoxy) is 1. The van der Waals surface area contributed by atoms with E-state index < -0.39 is 0 Å². The highest BCUT2D eigenvalue weighted by Crippen LogP contribution is 2.39. The Kier molecular flexibility index (Phi) is 7.98. The zero-order chi connectivity index (χ0) is 25.9. The number of benzene rings is 3. The Balaban J connectivity index is 1.39. The van der Waals surface area contributed by atoms with E-state index in [1.54, 1.807) is 4.90 Å². The molecule has 0 spiro atoms. The summed E-state index contributed by atoms with van der Waals surface area (Å²) in [5.41, 5.74) is 3.99. The topological polar surface area (TPSA) is 53.1 Å². The molecule has 0 N–H and O–H groups in total. The summed E-state index contributed by atoms with van der Waals surface area (Å²) < 4.78 is 7.24. The number of fused-ring (bicyclic) bond motifs is 1. The standard InChI is InChI=1S/C29H29Br2N3O3/c1-32(28(35)18-34-25-15-23(30)24(31)16-27(25)37-19-29(34)36)26(17-33-13-5-6-14-33)22-11-9-21(10-12-22)20-7-3-2-4-8-20/h2-4,7-12,15-16,26H,5-6,13-14,17-19H2,1H3. The van der Waals surface area contributed by atoms with Crippen molar-refractivity contribution in [1.82, 2.24) is 9.80 Å². The van der Waals surface area contributed by atoms with E-state index in [2.05, 4.69) is 73.2 Å². The average molecular weight is 627 g/mol. The Morgan fingerprint density at radius 3 is 2.32 bits per heavy atom. The first-order valence-electron chi connectivity index (χ1n) is 12.5. The molecule has 2 amide bonds. The van der Waals surface area contributed by atoms with Crippen molar-refractivity contribution in [1.29, 1.82) is 0 Å². The SMILES string of the molecule is CN(C(=O)CN1C(=O)COc2cc(Br)c(Br)cc21)C(CN1CCCC1)c1ccc(-c2ccccc2)cc1. The summed E-state index contributed by atoms with van der Waals surface area (Å²) in [5, 5.41) is 0. The van der Waals surface area contributed by atoms with Crippen LogP contribution in [0.25, 0.3) is 11.1 Å². The maximum Gasteiger partial charge on any atom is 0.265 e. The van der Waals surface area contributed by atoms with Crippen LogP contribution in [0.3, 0.4) is 0 Å². The average Bonchev–Trinajstić information content (AvgIpc) is 3.44. The van der Waals surface area contributed by atoms with Gasteiger partial charge in [-0.15, -0.1) is 0 Å². The fourth-order valence-electron chi connectivity index (χ4n) is 4.98. The van der Waals surface area contributed by atoms with E-state index >= 15 is 0 Å². The van der Waals surface area contributed by atoms with Crippen molar-refractivity contribution in [3.63, 3.8) is 0 Å². The molecule has 0 aromatic heterocycles. The van der Waals surface area contributed by atoms with Crippen LogP contribution in [0, 0.1) is 0 Å². The fourth-order valence-corrected chi connectivity index (χ4v) is 5.63. The van der Waals surface area contributed by atoms with Crippen molar-refractivity contribution >= 4 is 49.4 Å². The molecule has 1 fully saturated rings. The van der Waals surface area contributed by atoms with Gasteiger partial charge in [0.15, 0.2) is 6.61 Å². The van der Waals surface area contributed by atoms with E-state index in [0.29, 0.717) is 11.4 Å². The number of nitrogens with zero attached hydrogens (tertiary/aromatic N) is 3. The molecule has 0 saturated carbocycles. The molecule has 37 heavy (non-hydrogen) atoms. The van der Waals surface area contributed by atoms with Crippen LogP contribution in [0.5, 0.6) is 5.75 Å². The highest BCUT2D eigenvalue weighted by Gasteiger charge is 2.32. The first-order valence-corrected chi connectivity index (χ1v) is 14.0. The monoisotopic (exact) mass is 625 g/mol. The minimum atomic E-state index is -0.230. The van der Waals surface area contributed by atoms with Crippen molar-refractivity contribution in [2.45, 2.75) is 18.9 Å². The van der Waals surface area contributed by atoms with Gasteiger partial charge >= 0.3 is 0 Å². The molecular formula is C29H29Br2N3O3. The molecule has 0 radical (unpaired) electrons. The van der Waals surface area contributed by atoms with Crippen LogP contribution in [0.4, 0.5) is 5.69 Å².